The minimum Gasteiger partial charge on any atom is -0.322 e. The molecule has 0 radical (unpaired) electrons. The van der Waals surface area contributed by atoms with Crippen LogP contribution in [0.1, 0.15) is 16.8 Å². The van der Waals surface area contributed by atoms with E-state index in [4.69, 9.17) is 0 Å². The lowest BCUT2D eigenvalue weighted by Crippen LogP contribution is -2.31. The van der Waals surface area contributed by atoms with Crippen LogP contribution in [0.25, 0.3) is 0 Å². The molecule has 0 fully saturated rings. The molecule has 4 rings (SSSR count). The molecule has 2 heterocycles. The summed E-state index contributed by atoms with van der Waals surface area (Å²) in [5, 5.41) is 2.89. The number of aromatic nitrogens is 2. The first-order chi connectivity index (χ1) is 13.1. The van der Waals surface area contributed by atoms with Crippen LogP contribution in [-0.4, -0.2) is 21.4 Å². The molecule has 4 nitrogen and oxygen atoms in total. The molecular weight excluding hydrogens is 353 g/mol. The van der Waals surface area contributed by atoms with E-state index in [-0.39, 0.29) is 5.82 Å². The number of para-hydroxylation sites is 1. The first-order valence-corrected chi connectivity index (χ1v) is 8.61. The van der Waals surface area contributed by atoms with Crippen molar-refractivity contribution < 1.29 is 13.2 Å². The number of halogens is 3. The molecule has 0 bridgehead atoms. The minimum absolute atomic E-state index is 0.321. The number of anilines is 2. The van der Waals surface area contributed by atoms with Gasteiger partial charge in [-0.25, -0.2) is 23.1 Å². The monoisotopic (exact) mass is 370 g/mol. The zero-order valence-electron chi connectivity index (χ0n) is 14.4. The number of hydrogen-bond donors (Lipinski definition) is 1. The van der Waals surface area contributed by atoms with Crippen molar-refractivity contribution in [2.24, 2.45) is 0 Å². The molecule has 0 saturated heterocycles. The van der Waals surface area contributed by atoms with E-state index in [1.54, 1.807) is 24.4 Å². The van der Waals surface area contributed by atoms with Crippen molar-refractivity contribution in [2.75, 3.05) is 11.9 Å². The number of nitrogens with zero attached hydrogens (tertiary/aromatic N) is 3. The van der Waals surface area contributed by atoms with Gasteiger partial charge in [0.1, 0.15) is 17.5 Å². The maximum atomic E-state index is 13.9. The Bertz CT molecular complexity index is 977. The summed E-state index contributed by atoms with van der Waals surface area (Å²) < 4.78 is 40.7. The molecule has 27 heavy (non-hydrogen) atoms. The highest BCUT2D eigenvalue weighted by Gasteiger charge is 2.20. The molecule has 2 aromatic carbocycles. The fraction of sp³-hybridized carbons (Fsp3) is 0.200. The lowest BCUT2D eigenvalue weighted by molar-refractivity contribution is 0.239. The summed E-state index contributed by atoms with van der Waals surface area (Å²) >= 11 is 0. The molecule has 0 spiro atoms. The number of nitrogens with one attached hydrogen (secondary N) is 1. The summed E-state index contributed by atoms with van der Waals surface area (Å²) in [5.74, 6) is -1.15. The van der Waals surface area contributed by atoms with E-state index in [9.17, 15) is 13.2 Å². The van der Waals surface area contributed by atoms with Crippen molar-refractivity contribution in [1.29, 1.82) is 0 Å². The van der Waals surface area contributed by atoms with Gasteiger partial charge >= 0.3 is 0 Å². The predicted octanol–water partition coefficient (Wildman–Crippen LogP) is 4.20. The number of rotatable bonds is 4. The van der Waals surface area contributed by atoms with Crippen LogP contribution in [0.5, 0.6) is 0 Å². The van der Waals surface area contributed by atoms with Crippen LogP contribution in [0.15, 0.2) is 48.7 Å². The van der Waals surface area contributed by atoms with Gasteiger partial charge in [0.15, 0.2) is 0 Å². The molecule has 0 atom stereocenters. The van der Waals surface area contributed by atoms with E-state index >= 15 is 0 Å². The van der Waals surface area contributed by atoms with Gasteiger partial charge in [0.05, 0.1) is 11.4 Å². The van der Waals surface area contributed by atoms with Crippen LogP contribution < -0.4 is 5.32 Å². The van der Waals surface area contributed by atoms with Gasteiger partial charge in [-0.2, -0.15) is 0 Å². The van der Waals surface area contributed by atoms with Crippen LogP contribution in [-0.2, 0) is 19.5 Å². The second-order valence-electron chi connectivity index (χ2n) is 6.47. The predicted molar refractivity (Wildman–Crippen MR) is 95.9 cm³/mol. The van der Waals surface area contributed by atoms with Gasteiger partial charge < -0.3 is 5.32 Å². The first kappa shape index (κ1) is 17.5. The standard InChI is InChI=1S/C20H17F3N4/c21-15-6-5-13(17(23)9-15)11-27-8-7-18-14(12-27)10-24-20(25-18)26-19-4-2-1-3-16(19)22/h1-6,9-10H,7-8,11-12H2,(H,24,25,26). The highest BCUT2D eigenvalue weighted by molar-refractivity contribution is 5.54. The molecule has 1 aliphatic heterocycles. The van der Waals surface area contributed by atoms with E-state index in [1.165, 1.54) is 18.2 Å². The third-order valence-electron chi connectivity index (χ3n) is 4.54. The number of fused-ring (bicyclic) bond motifs is 1. The normalized spacial score (nSPS) is 14.0. The molecule has 0 unspecified atom stereocenters. The van der Waals surface area contributed by atoms with Gasteiger partial charge in [0, 0.05) is 49.4 Å². The Labute approximate surface area is 154 Å². The second-order valence-corrected chi connectivity index (χ2v) is 6.47. The van der Waals surface area contributed by atoms with Crippen molar-refractivity contribution in [2.45, 2.75) is 19.5 Å². The van der Waals surface area contributed by atoms with Gasteiger partial charge in [-0.05, 0) is 18.2 Å². The van der Waals surface area contributed by atoms with Crippen LogP contribution >= 0.6 is 0 Å². The summed E-state index contributed by atoms with van der Waals surface area (Å²) in [4.78, 5) is 10.8. The van der Waals surface area contributed by atoms with Gasteiger partial charge in [-0.3, -0.25) is 4.90 Å². The maximum absolute atomic E-state index is 13.9. The highest BCUT2D eigenvalue weighted by atomic mass is 19.1. The second kappa shape index (κ2) is 7.36. The molecular formula is C20H17F3N4. The minimum atomic E-state index is -0.580. The molecule has 7 heteroatoms. The van der Waals surface area contributed by atoms with E-state index in [1.807, 2.05) is 0 Å². The Hall–Kier alpha value is -2.93. The average Bonchev–Trinajstić information content (AvgIpc) is 2.66. The zero-order chi connectivity index (χ0) is 18.8. The molecule has 1 aliphatic rings. The molecule has 0 saturated carbocycles. The topological polar surface area (TPSA) is 41.1 Å². The molecule has 3 aromatic rings. The molecule has 138 valence electrons. The molecule has 0 amide bonds. The summed E-state index contributed by atoms with van der Waals surface area (Å²) in [5.41, 5.74) is 2.61. The van der Waals surface area contributed by atoms with E-state index in [0.717, 1.165) is 17.3 Å². The quantitative estimate of drug-likeness (QED) is 0.748. The largest absolute Gasteiger partial charge is 0.322 e. The van der Waals surface area contributed by atoms with Gasteiger partial charge in [0.25, 0.3) is 0 Å². The summed E-state index contributed by atoms with van der Waals surface area (Å²) in [6, 6.07) is 9.97. The number of benzene rings is 2. The van der Waals surface area contributed by atoms with E-state index in [2.05, 4.69) is 20.2 Å². The number of hydrogen-bond acceptors (Lipinski definition) is 4. The van der Waals surface area contributed by atoms with Gasteiger partial charge in [0.2, 0.25) is 5.95 Å². The fourth-order valence-electron chi connectivity index (χ4n) is 3.14. The smallest absolute Gasteiger partial charge is 0.227 e. The van der Waals surface area contributed by atoms with Crippen molar-refractivity contribution in [3.05, 3.63) is 82.9 Å². The summed E-state index contributed by atoms with van der Waals surface area (Å²) in [7, 11) is 0. The van der Waals surface area contributed by atoms with Crippen molar-refractivity contribution >= 4 is 11.6 Å². The Balaban J connectivity index is 1.47. The third-order valence-corrected chi connectivity index (χ3v) is 4.54. The van der Waals surface area contributed by atoms with E-state index in [0.29, 0.717) is 43.3 Å². The highest BCUT2D eigenvalue weighted by Crippen LogP contribution is 2.22. The average molecular weight is 370 g/mol. The molecule has 0 aliphatic carbocycles. The lowest BCUT2D eigenvalue weighted by atomic mass is 10.1. The Kier molecular flexibility index (Phi) is 4.77. The Morgan fingerprint density at radius 3 is 2.70 bits per heavy atom. The van der Waals surface area contributed by atoms with Crippen molar-refractivity contribution in [3.8, 4) is 0 Å². The van der Waals surface area contributed by atoms with Crippen LogP contribution in [0.3, 0.4) is 0 Å². The van der Waals surface area contributed by atoms with Crippen molar-refractivity contribution in [3.63, 3.8) is 0 Å². The van der Waals surface area contributed by atoms with Crippen LogP contribution in [0, 0.1) is 17.5 Å². The fourth-order valence-corrected chi connectivity index (χ4v) is 3.14. The Morgan fingerprint density at radius 2 is 1.89 bits per heavy atom. The van der Waals surface area contributed by atoms with Crippen LogP contribution in [0.4, 0.5) is 24.8 Å². The van der Waals surface area contributed by atoms with E-state index < -0.39 is 11.6 Å². The summed E-state index contributed by atoms with van der Waals surface area (Å²) in [6.45, 7) is 1.66. The zero-order valence-corrected chi connectivity index (χ0v) is 14.4. The maximum Gasteiger partial charge on any atom is 0.227 e. The van der Waals surface area contributed by atoms with Crippen LogP contribution in [0.2, 0.25) is 0 Å². The molecule has 1 N–H and O–H groups in total. The van der Waals surface area contributed by atoms with Gasteiger partial charge in [-0.15, -0.1) is 0 Å². The lowest BCUT2D eigenvalue weighted by Gasteiger charge is -2.28. The first-order valence-electron chi connectivity index (χ1n) is 8.61. The summed E-state index contributed by atoms with van der Waals surface area (Å²) in [6.07, 6.45) is 2.38. The van der Waals surface area contributed by atoms with Crippen molar-refractivity contribution in [1.82, 2.24) is 14.9 Å². The van der Waals surface area contributed by atoms with Gasteiger partial charge in [-0.1, -0.05) is 18.2 Å². The third kappa shape index (κ3) is 3.93. The molecule has 1 aromatic heterocycles. The SMILES string of the molecule is Fc1ccc(CN2CCc3nc(Nc4ccccc4F)ncc3C2)c(F)c1. The Morgan fingerprint density at radius 1 is 1.04 bits per heavy atom.